The number of aliphatic hydroxyl groups excluding tert-OH is 2. The van der Waals surface area contributed by atoms with Gasteiger partial charge in [0.15, 0.2) is 0 Å². The van der Waals surface area contributed by atoms with E-state index >= 15 is 0 Å². The molecule has 0 amide bonds. The van der Waals surface area contributed by atoms with Crippen LogP contribution in [0.4, 0.5) is 4.39 Å². The maximum Gasteiger partial charge on any atom is 0.124 e. The lowest BCUT2D eigenvalue weighted by Crippen LogP contribution is -2.22. The first-order valence-corrected chi connectivity index (χ1v) is 6.27. The monoisotopic (exact) mass is 265 g/mol. The molecule has 0 aliphatic carbocycles. The largest absolute Gasteiger partial charge is 0.393 e. The summed E-state index contributed by atoms with van der Waals surface area (Å²) >= 11 is 0. The Morgan fingerprint density at radius 2 is 2.11 bits per heavy atom. The molecule has 0 aliphatic rings. The highest BCUT2D eigenvalue weighted by atomic mass is 19.1. The van der Waals surface area contributed by atoms with Gasteiger partial charge < -0.3 is 15.1 Å². The lowest BCUT2D eigenvalue weighted by Gasteiger charge is -2.17. The molecule has 2 N–H and O–H groups in total. The highest BCUT2D eigenvalue weighted by Crippen LogP contribution is 2.11. The van der Waals surface area contributed by atoms with Gasteiger partial charge >= 0.3 is 0 Å². The molecule has 1 aromatic rings. The maximum absolute atomic E-state index is 13.4. The minimum Gasteiger partial charge on any atom is -0.393 e. The maximum atomic E-state index is 13.4. The summed E-state index contributed by atoms with van der Waals surface area (Å²) in [6.07, 6.45) is 0.351. The van der Waals surface area contributed by atoms with E-state index in [9.17, 15) is 9.50 Å². The zero-order valence-corrected chi connectivity index (χ0v) is 11.4. The first kappa shape index (κ1) is 15.6. The topological polar surface area (TPSA) is 43.7 Å². The van der Waals surface area contributed by atoms with Crippen LogP contribution < -0.4 is 0 Å². The van der Waals surface area contributed by atoms with Crippen LogP contribution in [-0.2, 0) is 6.54 Å². The van der Waals surface area contributed by atoms with Crippen LogP contribution in [0.3, 0.4) is 0 Å². The van der Waals surface area contributed by atoms with Crippen LogP contribution in [0, 0.1) is 17.7 Å². The van der Waals surface area contributed by atoms with E-state index in [0.717, 1.165) is 12.1 Å². The minimum atomic E-state index is -0.332. The van der Waals surface area contributed by atoms with Crippen LogP contribution in [0.15, 0.2) is 18.2 Å². The average Bonchev–Trinajstić information content (AvgIpc) is 2.33. The molecule has 1 rings (SSSR count). The van der Waals surface area contributed by atoms with Crippen LogP contribution in [0.1, 0.15) is 24.5 Å². The fourth-order valence-electron chi connectivity index (χ4n) is 1.75. The summed E-state index contributed by atoms with van der Waals surface area (Å²) < 4.78 is 13.4. The summed E-state index contributed by atoms with van der Waals surface area (Å²) in [5.74, 6) is 4.88. The van der Waals surface area contributed by atoms with E-state index in [1.54, 1.807) is 6.92 Å². The van der Waals surface area contributed by atoms with Gasteiger partial charge in [-0.2, -0.15) is 0 Å². The van der Waals surface area contributed by atoms with Crippen molar-refractivity contribution in [3.05, 3.63) is 35.1 Å². The predicted molar refractivity (Wildman–Crippen MR) is 73.0 cm³/mol. The predicted octanol–water partition coefficient (Wildman–Crippen LogP) is 1.37. The Hall–Kier alpha value is -1.41. The third-order valence-corrected chi connectivity index (χ3v) is 2.65. The Bertz CT molecular complexity index is 463. The Labute approximate surface area is 113 Å². The second-order valence-corrected chi connectivity index (χ2v) is 4.68. The molecule has 0 saturated carbocycles. The number of hydrogen-bond acceptors (Lipinski definition) is 3. The van der Waals surface area contributed by atoms with Crippen LogP contribution in [0.2, 0.25) is 0 Å². The van der Waals surface area contributed by atoms with Crippen molar-refractivity contribution in [3.8, 4) is 11.8 Å². The Kier molecular flexibility index (Phi) is 6.51. The molecule has 3 nitrogen and oxygen atoms in total. The molecular weight excluding hydrogens is 245 g/mol. The van der Waals surface area contributed by atoms with Crippen molar-refractivity contribution >= 4 is 0 Å². The molecule has 0 spiro atoms. The van der Waals surface area contributed by atoms with E-state index < -0.39 is 0 Å². The van der Waals surface area contributed by atoms with E-state index in [1.807, 2.05) is 18.0 Å². The summed E-state index contributed by atoms with van der Waals surface area (Å²) in [5, 5.41) is 17.9. The number of halogens is 1. The molecule has 1 unspecified atom stereocenters. The normalized spacial score (nSPS) is 12.1. The molecule has 0 bridgehead atoms. The lowest BCUT2D eigenvalue weighted by atomic mass is 10.1. The third kappa shape index (κ3) is 6.35. The fraction of sp³-hybridized carbons (Fsp3) is 0.467. The molecular formula is C15H20FNO2. The van der Waals surface area contributed by atoms with Gasteiger partial charge in [-0.15, -0.1) is 0 Å². The molecule has 0 aromatic heterocycles. The molecule has 4 heteroatoms. The van der Waals surface area contributed by atoms with E-state index in [0.29, 0.717) is 18.5 Å². The van der Waals surface area contributed by atoms with Gasteiger partial charge in [-0.1, -0.05) is 11.8 Å². The van der Waals surface area contributed by atoms with Gasteiger partial charge in [0.25, 0.3) is 0 Å². The SMILES string of the molecule is CC(O)CCN(C)Cc1cc(F)cc(C#CCO)c1. The van der Waals surface area contributed by atoms with Crippen LogP contribution in [0.5, 0.6) is 0 Å². The Morgan fingerprint density at radius 1 is 1.37 bits per heavy atom. The first-order chi connectivity index (χ1) is 9.01. The summed E-state index contributed by atoms with van der Waals surface area (Å²) in [6, 6.07) is 4.63. The fourth-order valence-corrected chi connectivity index (χ4v) is 1.75. The van der Waals surface area contributed by atoms with E-state index in [-0.39, 0.29) is 18.5 Å². The molecule has 1 aromatic carbocycles. The number of rotatable bonds is 5. The summed E-state index contributed by atoms with van der Waals surface area (Å²) in [5.41, 5.74) is 1.39. The lowest BCUT2D eigenvalue weighted by molar-refractivity contribution is 0.163. The molecule has 1 atom stereocenters. The highest BCUT2D eigenvalue weighted by Gasteiger charge is 2.05. The van der Waals surface area contributed by atoms with E-state index in [4.69, 9.17) is 5.11 Å². The van der Waals surface area contributed by atoms with Gasteiger partial charge in [-0.05, 0) is 44.2 Å². The van der Waals surface area contributed by atoms with Crippen molar-refractivity contribution in [2.75, 3.05) is 20.2 Å². The van der Waals surface area contributed by atoms with Gasteiger partial charge in [-0.3, -0.25) is 0 Å². The van der Waals surface area contributed by atoms with E-state index in [2.05, 4.69) is 11.8 Å². The van der Waals surface area contributed by atoms with Gasteiger partial charge in [0.2, 0.25) is 0 Å². The summed E-state index contributed by atoms with van der Waals surface area (Å²) in [7, 11) is 1.92. The van der Waals surface area contributed by atoms with Crippen molar-refractivity contribution in [2.45, 2.75) is 26.0 Å². The van der Waals surface area contributed by atoms with Crippen LogP contribution in [0.25, 0.3) is 0 Å². The van der Waals surface area contributed by atoms with Crippen molar-refractivity contribution < 1.29 is 14.6 Å². The highest BCUT2D eigenvalue weighted by molar-refractivity contribution is 5.37. The molecule has 0 aliphatic heterocycles. The zero-order valence-electron chi connectivity index (χ0n) is 11.4. The minimum absolute atomic E-state index is 0.236. The van der Waals surface area contributed by atoms with Crippen LogP contribution in [-0.4, -0.2) is 41.4 Å². The van der Waals surface area contributed by atoms with Gasteiger partial charge in [0.1, 0.15) is 12.4 Å². The van der Waals surface area contributed by atoms with Crippen molar-refractivity contribution in [2.24, 2.45) is 0 Å². The zero-order chi connectivity index (χ0) is 14.3. The van der Waals surface area contributed by atoms with Crippen LogP contribution >= 0.6 is 0 Å². The number of hydrogen-bond donors (Lipinski definition) is 2. The summed E-state index contributed by atoms with van der Waals surface area (Å²) in [4.78, 5) is 2.02. The molecule has 0 fully saturated rings. The first-order valence-electron chi connectivity index (χ1n) is 6.27. The van der Waals surface area contributed by atoms with Gasteiger partial charge in [0, 0.05) is 18.7 Å². The van der Waals surface area contributed by atoms with Gasteiger partial charge in [0.05, 0.1) is 6.10 Å². The Morgan fingerprint density at radius 3 is 2.74 bits per heavy atom. The van der Waals surface area contributed by atoms with Crippen molar-refractivity contribution in [1.29, 1.82) is 0 Å². The second-order valence-electron chi connectivity index (χ2n) is 4.68. The van der Waals surface area contributed by atoms with Crippen molar-refractivity contribution in [1.82, 2.24) is 4.90 Å². The molecule has 19 heavy (non-hydrogen) atoms. The third-order valence-electron chi connectivity index (χ3n) is 2.65. The number of aliphatic hydroxyl groups is 2. The molecule has 0 radical (unpaired) electrons. The van der Waals surface area contributed by atoms with E-state index in [1.165, 1.54) is 12.1 Å². The number of benzene rings is 1. The molecule has 0 saturated heterocycles. The van der Waals surface area contributed by atoms with Crippen molar-refractivity contribution in [3.63, 3.8) is 0 Å². The second kappa shape index (κ2) is 7.90. The standard InChI is InChI=1S/C15H20FNO2/c1-12(19)5-6-17(2)11-14-8-13(4-3-7-18)9-15(16)10-14/h8-10,12,18-19H,5-7,11H2,1-2H3. The van der Waals surface area contributed by atoms with Gasteiger partial charge in [-0.25, -0.2) is 4.39 Å². The smallest absolute Gasteiger partial charge is 0.124 e. The number of nitrogens with zero attached hydrogens (tertiary/aromatic N) is 1. The quantitative estimate of drug-likeness (QED) is 0.790. The Balaban J connectivity index is 2.69. The molecule has 0 heterocycles. The summed E-state index contributed by atoms with van der Waals surface area (Å²) in [6.45, 7) is 2.85. The molecule has 104 valence electrons. The average molecular weight is 265 g/mol.